The van der Waals surface area contributed by atoms with Crippen LogP contribution in [0, 0.1) is 6.92 Å². The summed E-state index contributed by atoms with van der Waals surface area (Å²) < 4.78 is 4.85. The van der Waals surface area contributed by atoms with Crippen molar-refractivity contribution in [3.63, 3.8) is 0 Å². The Bertz CT molecular complexity index is 623. The van der Waals surface area contributed by atoms with Crippen molar-refractivity contribution >= 4 is 11.6 Å². The number of benzene rings is 1. The topological polar surface area (TPSA) is 80.0 Å². The molecule has 1 aliphatic rings. The number of carbonyl (C=O) groups is 1. The van der Waals surface area contributed by atoms with E-state index in [0.29, 0.717) is 24.7 Å². The number of hydrogen-bond donors (Lipinski definition) is 2. The lowest BCUT2D eigenvalue weighted by molar-refractivity contribution is -0.121. The predicted octanol–water partition coefficient (Wildman–Crippen LogP) is 1.59. The number of hydrogen-bond acceptors (Lipinski definition) is 5. The molecule has 6 heteroatoms. The number of aryl methyl sites for hydroxylation is 1. The lowest BCUT2D eigenvalue weighted by Crippen LogP contribution is -2.25. The maximum Gasteiger partial charge on any atom is 0.223 e. The van der Waals surface area contributed by atoms with E-state index >= 15 is 0 Å². The molecule has 20 heavy (non-hydrogen) atoms. The van der Waals surface area contributed by atoms with Crippen molar-refractivity contribution in [3.05, 3.63) is 41.5 Å². The Morgan fingerprint density at radius 3 is 3.15 bits per heavy atom. The highest BCUT2D eigenvalue weighted by Gasteiger charge is 2.23. The molecule has 0 aliphatic carbocycles. The highest BCUT2D eigenvalue weighted by Crippen LogP contribution is 2.32. The van der Waals surface area contributed by atoms with Crippen LogP contribution in [0.25, 0.3) is 0 Å². The third-order valence-corrected chi connectivity index (χ3v) is 3.38. The molecule has 3 rings (SSSR count). The largest absolute Gasteiger partial charge is 0.384 e. The number of aromatic nitrogens is 2. The van der Waals surface area contributed by atoms with Crippen LogP contribution in [0.5, 0.6) is 0 Å². The van der Waals surface area contributed by atoms with Gasteiger partial charge in [0.15, 0.2) is 5.82 Å². The molecular formula is C14H16N4O2. The second-order valence-electron chi connectivity index (χ2n) is 4.88. The first-order valence-electron chi connectivity index (χ1n) is 6.61. The van der Waals surface area contributed by atoms with Crippen molar-refractivity contribution < 1.29 is 9.32 Å². The number of anilines is 1. The fraction of sp³-hybridized carbons (Fsp3) is 0.357. The van der Waals surface area contributed by atoms with Crippen molar-refractivity contribution in [2.45, 2.75) is 25.8 Å². The molecule has 104 valence electrons. The normalized spacial score (nSPS) is 16.6. The molecule has 2 aromatic rings. The number of nitrogens with one attached hydrogen (secondary N) is 2. The maximum atomic E-state index is 12.0. The predicted molar refractivity (Wildman–Crippen MR) is 73.2 cm³/mol. The molecule has 0 spiro atoms. The molecule has 1 unspecified atom stereocenters. The van der Waals surface area contributed by atoms with Gasteiger partial charge in [0.05, 0.1) is 6.54 Å². The van der Waals surface area contributed by atoms with Gasteiger partial charge in [-0.15, -0.1) is 0 Å². The monoisotopic (exact) mass is 272 g/mol. The number of rotatable bonds is 4. The van der Waals surface area contributed by atoms with E-state index in [1.54, 1.807) is 6.92 Å². The highest BCUT2D eigenvalue weighted by atomic mass is 16.5. The van der Waals surface area contributed by atoms with Crippen LogP contribution in [0.4, 0.5) is 5.69 Å². The summed E-state index contributed by atoms with van der Waals surface area (Å²) in [4.78, 5) is 16.0. The summed E-state index contributed by atoms with van der Waals surface area (Å²) in [6, 6.07) is 8.09. The van der Waals surface area contributed by atoms with E-state index in [2.05, 4.69) is 26.8 Å². The Labute approximate surface area is 116 Å². The average molecular weight is 272 g/mol. The van der Waals surface area contributed by atoms with Crippen LogP contribution in [0.15, 0.2) is 28.8 Å². The van der Waals surface area contributed by atoms with Gasteiger partial charge >= 0.3 is 0 Å². The van der Waals surface area contributed by atoms with Gasteiger partial charge in [0, 0.05) is 31.5 Å². The van der Waals surface area contributed by atoms with Crippen molar-refractivity contribution in [2.75, 3.05) is 11.9 Å². The van der Waals surface area contributed by atoms with E-state index in [9.17, 15) is 4.79 Å². The minimum absolute atomic E-state index is 0.00374. The third kappa shape index (κ3) is 2.64. The molecule has 1 atom stereocenters. The summed E-state index contributed by atoms with van der Waals surface area (Å²) in [6.45, 7) is 2.82. The lowest BCUT2D eigenvalue weighted by Gasteiger charge is -2.09. The molecule has 0 saturated carbocycles. The van der Waals surface area contributed by atoms with Crippen LogP contribution in [0.1, 0.15) is 29.6 Å². The van der Waals surface area contributed by atoms with Crippen LogP contribution in [-0.2, 0) is 11.3 Å². The van der Waals surface area contributed by atoms with E-state index in [4.69, 9.17) is 4.52 Å². The van der Waals surface area contributed by atoms with Gasteiger partial charge < -0.3 is 15.2 Å². The maximum absolute atomic E-state index is 12.0. The quantitative estimate of drug-likeness (QED) is 0.883. The molecule has 0 saturated heterocycles. The average Bonchev–Trinajstić information content (AvgIpc) is 3.04. The zero-order valence-electron chi connectivity index (χ0n) is 11.2. The lowest BCUT2D eigenvalue weighted by atomic mass is 9.98. The Kier molecular flexibility index (Phi) is 3.37. The molecule has 0 bridgehead atoms. The second-order valence-corrected chi connectivity index (χ2v) is 4.88. The Morgan fingerprint density at radius 2 is 2.35 bits per heavy atom. The fourth-order valence-corrected chi connectivity index (χ4v) is 2.43. The number of fused-ring (bicyclic) bond motifs is 1. The molecule has 1 aromatic heterocycles. The molecule has 2 heterocycles. The van der Waals surface area contributed by atoms with Crippen molar-refractivity contribution in [2.24, 2.45) is 0 Å². The first kappa shape index (κ1) is 12.7. The first-order chi connectivity index (χ1) is 9.72. The zero-order chi connectivity index (χ0) is 13.9. The van der Waals surface area contributed by atoms with E-state index in [0.717, 1.165) is 12.2 Å². The van der Waals surface area contributed by atoms with E-state index in [1.165, 1.54) is 5.56 Å². The van der Waals surface area contributed by atoms with Crippen LogP contribution in [-0.4, -0.2) is 22.6 Å². The van der Waals surface area contributed by atoms with Gasteiger partial charge in [-0.1, -0.05) is 23.4 Å². The summed E-state index contributed by atoms with van der Waals surface area (Å²) in [7, 11) is 0. The van der Waals surface area contributed by atoms with E-state index in [-0.39, 0.29) is 11.8 Å². The number of carbonyl (C=O) groups excluding carboxylic acids is 1. The van der Waals surface area contributed by atoms with Crippen LogP contribution in [0.3, 0.4) is 0 Å². The number of para-hydroxylation sites is 1. The first-order valence-corrected chi connectivity index (χ1v) is 6.61. The summed E-state index contributed by atoms with van der Waals surface area (Å²) >= 11 is 0. The fourth-order valence-electron chi connectivity index (χ4n) is 2.43. The molecule has 1 aromatic carbocycles. The molecule has 1 aliphatic heterocycles. The summed E-state index contributed by atoms with van der Waals surface area (Å²) in [6.07, 6.45) is 0.459. The Hall–Kier alpha value is -2.37. The molecule has 0 fully saturated rings. The second kappa shape index (κ2) is 5.32. The van der Waals surface area contributed by atoms with Crippen molar-refractivity contribution in [1.29, 1.82) is 0 Å². The minimum atomic E-state index is -0.00374. The standard InChI is InChI=1S/C14H16N4O2/c1-9-17-13(18-20-9)8-16-14(19)6-10-7-15-12-5-3-2-4-11(10)12/h2-5,10,15H,6-8H2,1H3,(H,16,19). The molecular weight excluding hydrogens is 256 g/mol. The van der Waals surface area contributed by atoms with Crippen LogP contribution < -0.4 is 10.6 Å². The highest BCUT2D eigenvalue weighted by molar-refractivity contribution is 5.78. The van der Waals surface area contributed by atoms with Gasteiger partial charge in [0.1, 0.15) is 0 Å². The Balaban J connectivity index is 1.55. The molecule has 2 N–H and O–H groups in total. The van der Waals surface area contributed by atoms with E-state index < -0.39 is 0 Å². The van der Waals surface area contributed by atoms with E-state index in [1.807, 2.05) is 18.2 Å². The van der Waals surface area contributed by atoms with Gasteiger partial charge in [-0.2, -0.15) is 4.98 Å². The number of nitrogens with zero attached hydrogens (tertiary/aromatic N) is 2. The summed E-state index contributed by atoms with van der Waals surface area (Å²) in [5, 5.41) is 9.87. The smallest absolute Gasteiger partial charge is 0.223 e. The minimum Gasteiger partial charge on any atom is -0.384 e. The van der Waals surface area contributed by atoms with Gasteiger partial charge in [0.25, 0.3) is 0 Å². The van der Waals surface area contributed by atoms with Gasteiger partial charge in [-0.05, 0) is 11.6 Å². The zero-order valence-corrected chi connectivity index (χ0v) is 11.2. The SMILES string of the molecule is Cc1nc(CNC(=O)CC2CNc3ccccc32)no1. The molecule has 1 amide bonds. The molecule has 6 nitrogen and oxygen atoms in total. The summed E-state index contributed by atoms with van der Waals surface area (Å²) in [5.74, 6) is 1.22. The molecule has 0 radical (unpaired) electrons. The van der Waals surface area contributed by atoms with Crippen molar-refractivity contribution in [1.82, 2.24) is 15.5 Å². The number of amides is 1. The van der Waals surface area contributed by atoms with Gasteiger partial charge in [-0.3, -0.25) is 4.79 Å². The van der Waals surface area contributed by atoms with Gasteiger partial charge in [-0.25, -0.2) is 0 Å². The van der Waals surface area contributed by atoms with Gasteiger partial charge in [0.2, 0.25) is 11.8 Å². The Morgan fingerprint density at radius 1 is 1.50 bits per heavy atom. The third-order valence-electron chi connectivity index (χ3n) is 3.38. The van der Waals surface area contributed by atoms with Crippen LogP contribution in [0.2, 0.25) is 0 Å². The van der Waals surface area contributed by atoms with Crippen molar-refractivity contribution in [3.8, 4) is 0 Å². The van der Waals surface area contributed by atoms with Crippen LogP contribution >= 0.6 is 0 Å². The summed E-state index contributed by atoms with van der Waals surface area (Å²) in [5.41, 5.74) is 2.33.